The number of phenols is 1. The summed E-state index contributed by atoms with van der Waals surface area (Å²) in [4.78, 5) is 30.7. The van der Waals surface area contributed by atoms with Crippen LogP contribution in [0.1, 0.15) is 61.3 Å². The van der Waals surface area contributed by atoms with Crippen molar-refractivity contribution in [3.63, 3.8) is 0 Å². The number of nitrogens with zero attached hydrogens (tertiary/aromatic N) is 1. The molecule has 170 valence electrons. The SMILES string of the molecule is CC(OC(=O)c1c2c(nc3ccccc13)/C(=C/c1ccc(O)cc1)CC2)C(=O)NC(C)(C)C. The molecule has 6 heteroatoms. The van der Waals surface area contributed by atoms with Crippen LogP contribution in [0.15, 0.2) is 48.5 Å². The maximum atomic E-state index is 13.3. The molecule has 3 aromatic rings. The monoisotopic (exact) mass is 444 g/mol. The summed E-state index contributed by atoms with van der Waals surface area (Å²) in [7, 11) is 0. The van der Waals surface area contributed by atoms with Crippen LogP contribution in [-0.2, 0) is 16.0 Å². The number of esters is 1. The van der Waals surface area contributed by atoms with Gasteiger partial charge >= 0.3 is 5.97 Å². The lowest BCUT2D eigenvalue weighted by atomic mass is 10.0. The van der Waals surface area contributed by atoms with Gasteiger partial charge in [-0.1, -0.05) is 30.3 Å². The number of allylic oxidation sites excluding steroid dienone is 1. The van der Waals surface area contributed by atoms with E-state index in [-0.39, 0.29) is 11.7 Å². The van der Waals surface area contributed by atoms with Crippen LogP contribution in [0.3, 0.4) is 0 Å². The number of aromatic nitrogens is 1. The van der Waals surface area contributed by atoms with E-state index in [2.05, 4.69) is 5.32 Å². The fraction of sp³-hybridized carbons (Fsp3) is 0.296. The third-order valence-corrected chi connectivity index (χ3v) is 5.53. The lowest BCUT2D eigenvalue weighted by Gasteiger charge is -2.23. The molecule has 1 amide bonds. The van der Waals surface area contributed by atoms with Crippen molar-refractivity contribution in [1.29, 1.82) is 0 Å². The van der Waals surface area contributed by atoms with Gasteiger partial charge in [-0.05, 0) is 81.5 Å². The Kier molecular flexibility index (Phi) is 5.93. The van der Waals surface area contributed by atoms with Crippen molar-refractivity contribution in [3.8, 4) is 5.75 Å². The van der Waals surface area contributed by atoms with Crippen LogP contribution in [0.4, 0.5) is 0 Å². The summed E-state index contributed by atoms with van der Waals surface area (Å²) >= 11 is 0. The van der Waals surface area contributed by atoms with Gasteiger partial charge in [-0.3, -0.25) is 4.79 Å². The molecular weight excluding hydrogens is 416 g/mol. The number of phenolic OH excluding ortho intramolecular Hbond substituents is 1. The number of hydrogen-bond acceptors (Lipinski definition) is 5. The first-order valence-corrected chi connectivity index (χ1v) is 11.1. The number of ether oxygens (including phenoxy) is 1. The molecule has 1 unspecified atom stereocenters. The Balaban J connectivity index is 1.73. The third-order valence-electron chi connectivity index (χ3n) is 5.53. The molecule has 0 saturated carbocycles. The largest absolute Gasteiger partial charge is 0.508 e. The molecule has 4 rings (SSSR count). The van der Waals surface area contributed by atoms with E-state index in [1.165, 1.54) is 0 Å². The van der Waals surface area contributed by atoms with Crippen molar-refractivity contribution in [2.24, 2.45) is 0 Å². The standard InChI is InChI=1S/C27H28N2O4/c1-16(25(31)29-27(2,3)4)33-26(32)23-20-7-5-6-8-22(20)28-24-18(11-14-21(23)24)15-17-9-12-19(30)13-10-17/h5-10,12-13,15-16,30H,11,14H2,1-4H3,(H,29,31)/b18-15+. The minimum Gasteiger partial charge on any atom is -0.508 e. The quantitative estimate of drug-likeness (QED) is 0.560. The molecule has 1 atom stereocenters. The molecule has 0 spiro atoms. The third kappa shape index (κ3) is 4.90. The highest BCUT2D eigenvalue weighted by molar-refractivity contribution is 6.07. The van der Waals surface area contributed by atoms with Crippen LogP contribution >= 0.6 is 0 Å². The number of carbonyl (C=O) groups excluding carboxylic acids is 2. The first kappa shape index (κ1) is 22.5. The topological polar surface area (TPSA) is 88.5 Å². The van der Waals surface area contributed by atoms with Gasteiger partial charge in [0.05, 0.1) is 16.8 Å². The molecule has 1 aliphatic carbocycles. The number of amides is 1. The average molecular weight is 445 g/mol. The summed E-state index contributed by atoms with van der Waals surface area (Å²) in [6, 6.07) is 14.4. The highest BCUT2D eigenvalue weighted by Crippen LogP contribution is 2.38. The van der Waals surface area contributed by atoms with Crippen LogP contribution in [0.2, 0.25) is 0 Å². The average Bonchev–Trinajstić information content (AvgIpc) is 3.14. The molecule has 0 radical (unpaired) electrons. The van der Waals surface area contributed by atoms with Crippen molar-refractivity contribution < 1.29 is 19.4 Å². The fourth-order valence-electron chi connectivity index (χ4n) is 4.03. The Hall–Kier alpha value is -3.67. The molecule has 1 aromatic heterocycles. The number of para-hydroxylation sites is 1. The van der Waals surface area contributed by atoms with Crippen LogP contribution in [0.5, 0.6) is 5.75 Å². The van der Waals surface area contributed by atoms with Crippen molar-refractivity contribution in [2.75, 3.05) is 0 Å². The molecular formula is C27H28N2O4. The lowest BCUT2D eigenvalue weighted by molar-refractivity contribution is -0.130. The maximum Gasteiger partial charge on any atom is 0.339 e. The number of fused-ring (bicyclic) bond motifs is 2. The van der Waals surface area contributed by atoms with Gasteiger partial charge in [-0.25, -0.2) is 9.78 Å². The van der Waals surface area contributed by atoms with E-state index in [0.29, 0.717) is 17.5 Å². The number of rotatable bonds is 4. The van der Waals surface area contributed by atoms with E-state index in [1.54, 1.807) is 19.1 Å². The highest BCUT2D eigenvalue weighted by Gasteiger charge is 2.30. The smallest absolute Gasteiger partial charge is 0.339 e. The second-order valence-corrected chi connectivity index (χ2v) is 9.38. The van der Waals surface area contributed by atoms with Crippen LogP contribution in [0, 0.1) is 0 Å². The van der Waals surface area contributed by atoms with Gasteiger partial charge in [-0.2, -0.15) is 0 Å². The number of pyridine rings is 1. The first-order valence-electron chi connectivity index (χ1n) is 11.1. The summed E-state index contributed by atoms with van der Waals surface area (Å²) in [5, 5.41) is 13.1. The van der Waals surface area contributed by atoms with Crippen molar-refractivity contribution in [1.82, 2.24) is 10.3 Å². The van der Waals surface area contributed by atoms with Gasteiger partial charge in [-0.15, -0.1) is 0 Å². The Morgan fingerprint density at radius 1 is 1.09 bits per heavy atom. The van der Waals surface area contributed by atoms with Gasteiger partial charge in [0.15, 0.2) is 6.10 Å². The van der Waals surface area contributed by atoms with Gasteiger partial charge in [0, 0.05) is 10.9 Å². The lowest BCUT2D eigenvalue weighted by Crippen LogP contribution is -2.46. The Labute approximate surface area is 193 Å². The molecule has 0 saturated heterocycles. The number of nitrogens with one attached hydrogen (secondary N) is 1. The second-order valence-electron chi connectivity index (χ2n) is 9.38. The van der Waals surface area contributed by atoms with E-state index < -0.39 is 17.6 Å². The van der Waals surface area contributed by atoms with Gasteiger partial charge in [0.25, 0.3) is 5.91 Å². The predicted molar refractivity (Wildman–Crippen MR) is 129 cm³/mol. The van der Waals surface area contributed by atoms with E-state index >= 15 is 0 Å². The second kappa shape index (κ2) is 8.70. The van der Waals surface area contributed by atoms with Crippen LogP contribution < -0.4 is 5.32 Å². The molecule has 0 fully saturated rings. The summed E-state index contributed by atoms with van der Waals surface area (Å²) in [5.41, 5.74) is 4.34. The molecule has 0 aliphatic heterocycles. The highest BCUT2D eigenvalue weighted by atomic mass is 16.5. The summed E-state index contributed by atoms with van der Waals surface area (Å²) in [6.07, 6.45) is 2.50. The summed E-state index contributed by atoms with van der Waals surface area (Å²) < 4.78 is 5.62. The van der Waals surface area contributed by atoms with Gasteiger partial charge < -0.3 is 15.2 Å². The molecule has 0 bridgehead atoms. The van der Waals surface area contributed by atoms with E-state index in [4.69, 9.17) is 9.72 Å². The normalized spacial score (nSPS) is 15.3. The number of carbonyl (C=O) groups is 2. The molecule has 1 heterocycles. The van der Waals surface area contributed by atoms with E-state index in [0.717, 1.165) is 34.2 Å². The molecule has 1 aliphatic rings. The molecule has 2 aromatic carbocycles. The Bertz CT molecular complexity index is 1250. The van der Waals surface area contributed by atoms with Crippen molar-refractivity contribution in [3.05, 3.63) is 70.9 Å². The van der Waals surface area contributed by atoms with Gasteiger partial charge in [0.1, 0.15) is 5.75 Å². The number of benzene rings is 2. The van der Waals surface area contributed by atoms with Crippen LogP contribution in [0.25, 0.3) is 22.6 Å². The zero-order valence-corrected chi connectivity index (χ0v) is 19.3. The van der Waals surface area contributed by atoms with Gasteiger partial charge in [0.2, 0.25) is 0 Å². The predicted octanol–water partition coefficient (Wildman–Crippen LogP) is 4.89. The zero-order valence-electron chi connectivity index (χ0n) is 19.3. The Morgan fingerprint density at radius 2 is 1.79 bits per heavy atom. The van der Waals surface area contributed by atoms with Crippen molar-refractivity contribution in [2.45, 2.75) is 52.2 Å². The van der Waals surface area contributed by atoms with E-state index in [9.17, 15) is 14.7 Å². The van der Waals surface area contributed by atoms with Crippen molar-refractivity contribution >= 4 is 34.4 Å². The maximum absolute atomic E-state index is 13.3. The van der Waals surface area contributed by atoms with E-state index in [1.807, 2.05) is 63.2 Å². The fourth-order valence-corrected chi connectivity index (χ4v) is 4.03. The minimum atomic E-state index is -0.923. The number of hydrogen-bond donors (Lipinski definition) is 2. The molecule has 6 nitrogen and oxygen atoms in total. The zero-order chi connectivity index (χ0) is 23.8. The summed E-state index contributed by atoms with van der Waals surface area (Å²) in [5.74, 6) is -0.645. The Morgan fingerprint density at radius 3 is 2.48 bits per heavy atom. The number of aromatic hydroxyl groups is 1. The molecule has 2 N–H and O–H groups in total. The first-order chi connectivity index (χ1) is 15.6. The summed E-state index contributed by atoms with van der Waals surface area (Å²) in [6.45, 7) is 7.22. The molecule has 33 heavy (non-hydrogen) atoms. The van der Waals surface area contributed by atoms with Crippen LogP contribution in [-0.4, -0.2) is 33.6 Å². The minimum absolute atomic E-state index is 0.211.